The lowest BCUT2D eigenvalue weighted by Gasteiger charge is -2.13. The molecule has 2 amide bonds. The Balaban J connectivity index is 1.64. The van der Waals surface area contributed by atoms with Gasteiger partial charge >= 0.3 is 0 Å². The molecule has 0 radical (unpaired) electrons. The summed E-state index contributed by atoms with van der Waals surface area (Å²) < 4.78 is 1.54. The fraction of sp³-hybridized carbons (Fsp3) is 0.0952. The number of benzene rings is 2. The third kappa shape index (κ3) is 5.16. The predicted octanol–water partition coefficient (Wildman–Crippen LogP) is 3.64. The molecule has 1 atom stereocenters. The lowest BCUT2D eigenvalue weighted by Crippen LogP contribution is -2.24. The minimum Gasteiger partial charge on any atom is -0.324 e. The maximum Gasteiger partial charge on any atom is 0.276 e. The van der Waals surface area contributed by atoms with Crippen molar-refractivity contribution in [1.82, 2.24) is 9.78 Å². The van der Waals surface area contributed by atoms with Crippen LogP contribution in [0.5, 0.6) is 0 Å². The number of nitro benzene ring substituents is 1. The van der Waals surface area contributed by atoms with E-state index in [4.69, 9.17) is 0 Å². The van der Waals surface area contributed by atoms with Gasteiger partial charge in [0.25, 0.3) is 5.69 Å². The van der Waals surface area contributed by atoms with Gasteiger partial charge in [-0.05, 0) is 43.3 Å². The zero-order valence-electron chi connectivity index (χ0n) is 16.1. The van der Waals surface area contributed by atoms with Gasteiger partial charge in [-0.3, -0.25) is 24.4 Å². The second kappa shape index (κ2) is 9.28. The second-order valence-corrected chi connectivity index (χ2v) is 6.37. The Bertz CT molecular complexity index is 1090. The summed E-state index contributed by atoms with van der Waals surface area (Å²) in [5.41, 5.74) is 1.22. The topological polar surface area (TPSA) is 119 Å². The average Bonchev–Trinajstić information content (AvgIpc) is 3.27. The Morgan fingerprint density at radius 2 is 1.83 bits per heavy atom. The molecule has 2 N–H and O–H groups in total. The molecule has 30 heavy (non-hydrogen) atoms. The van der Waals surface area contributed by atoms with Gasteiger partial charge in [0.1, 0.15) is 6.04 Å². The smallest absolute Gasteiger partial charge is 0.276 e. The van der Waals surface area contributed by atoms with E-state index in [0.29, 0.717) is 16.9 Å². The number of amides is 2. The molecule has 152 valence electrons. The third-order valence-electron chi connectivity index (χ3n) is 4.25. The van der Waals surface area contributed by atoms with Crippen molar-refractivity contribution in [2.45, 2.75) is 13.0 Å². The molecular formula is C21H19N5O4. The van der Waals surface area contributed by atoms with Gasteiger partial charge in [0.15, 0.2) is 0 Å². The Kier molecular flexibility index (Phi) is 6.33. The van der Waals surface area contributed by atoms with Crippen LogP contribution in [0.2, 0.25) is 0 Å². The van der Waals surface area contributed by atoms with Gasteiger partial charge in [0.2, 0.25) is 11.8 Å². The molecule has 2 aromatic carbocycles. The van der Waals surface area contributed by atoms with Gasteiger partial charge in [-0.15, -0.1) is 0 Å². The van der Waals surface area contributed by atoms with E-state index < -0.39 is 16.9 Å². The first kappa shape index (κ1) is 20.5. The number of aromatic nitrogens is 2. The van der Waals surface area contributed by atoms with Crippen molar-refractivity contribution in [3.05, 3.63) is 88.7 Å². The van der Waals surface area contributed by atoms with E-state index in [2.05, 4.69) is 15.7 Å². The molecule has 0 aliphatic carbocycles. The molecule has 9 nitrogen and oxygen atoms in total. The number of nitrogens with zero attached hydrogens (tertiary/aromatic N) is 3. The largest absolute Gasteiger partial charge is 0.324 e. The minimum atomic E-state index is -0.506. The normalized spacial score (nSPS) is 11.8. The number of carbonyl (C=O) groups is 2. The predicted molar refractivity (Wildman–Crippen MR) is 113 cm³/mol. The van der Waals surface area contributed by atoms with Crippen molar-refractivity contribution < 1.29 is 14.5 Å². The van der Waals surface area contributed by atoms with E-state index in [-0.39, 0.29) is 11.6 Å². The van der Waals surface area contributed by atoms with Gasteiger partial charge in [0, 0.05) is 35.9 Å². The number of rotatable bonds is 7. The van der Waals surface area contributed by atoms with E-state index in [1.165, 1.54) is 22.9 Å². The van der Waals surface area contributed by atoms with Gasteiger partial charge in [-0.1, -0.05) is 18.2 Å². The third-order valence-corrected chi connectivity index (χ3v) is 4.25. The zero-order valence-corrected chi connectivity index (χ0v) is 16.1. The number of hydrogen-bond acceptors (Lipinski definition) is 5. The number of anilines is 2. The van der Waals surface area contributed by atoms with E-state index >= 15 is 0 Å². The molecule has 1 heterocycles. The van der Waals surface area contributed by atoms with Crippen LogP contribution < -0.4 is 10.6 Å². The highest BCUT2D eigenvalue weighted by atomic mass is 16.6. The Hall–Kier alpha value is -4.27. The van der Waals surface area contributed by atoms with E-state index in [0.717, 1.165) is 0 Å². The lowest BCUT2D eigenvalue weighted by atomic mass is 10.1. The van der Waals surface area contributed by atoms with Crippen LogP contribution in [0.25, 0.3) is 6.08 Å². The summed E-state index contributed by atoms with van der Waals surface area (Å²) in [6, 6.07) is 14.0. The minimum absolute atomic E-state index is 0.0856. The van der Waals surface area contributed by atoms with Crippen molar-refractivity contribution in [3.63, 3.8) is 0 Å². The molecule has 1 unspecified atom stereocenters. The lowest BCUT2D eigenvalue weighted by molar-refractivity contribution is -0.385. The van der Waals surface area contributed by atoms with Crippen molar-refractivity contribution >= 4 is 35.0 Å². The highest BCUT2D eigenvalue weighted by Gasteiger charge is 2.15. The Labute approximate surface area is 172 Å². The molecular weight excluding hydrogens is 386 g/mol. The molecule has 0 spiro atoms. The summed E-state index contributed by atoms with van der Waals surface area (Å²) in [6.45, 7) is 1.72. The molecule has 1 aromatic heterocycles. The SMILES string of the molecule is CC(C(=O)Nc1cccc(NC(=O)/C=C/c2ccccc2[N+](=O)[O-])c1)n1cccn1. The highest BCUT2D eigenvalue weighted by Crippen LogP contribution is 2.20. The number of nitro groups is 1. The number of para-hydroxylation sites is 1. The molecule has 0 aliphatic heterocycles. The van der Waals surface area contributed by atoms with Crippen LogP contribution in [0, 0.1) is 10.1 Å². The van der Waals surface area contributed by atoms with Crippen molar-refractivity contribution in [1.29, 1.82) is 0 Å². The first-order chi connectivity index (χ1) is 14.4. The maximum absolute atomic E-state index is 12.4. The van der Waals surface area contributed by atoms with Crippen LogP contribution in [0.1, 0.15) is 18.5 Å². The monoisotopic (exact) mass is 405 g/mol. The molecule has 0 saturated heterocycles. The number of hydrogen-bond donors (Lipinski definition) is 2. The molecule has 0 saturated carbocycles. The van der Waals surface area contributed by atoms with E-state index in [1.54, 1.807) is 67.8 Å². The van der Waals surface area contributed by atoms with Gasteiger partial charge in [-0.2, -0.15) is 5.10 Å². The van der Waals surface area contributed by atoms with Gasteiger partial charge in [-0.25, -0.2) is 0 Å². The molecule has 3 aromatic rings. The summed E-state index contributed by atoms with van der Waals surface area (Å²) in [7, 11) is 0. The van der Waals surface area contributed by atoms with Crippen LogP contribution in [-0.2, 0) is 9.59 Å². The number of nitrogens with one attached hydrogen (secondary N) is 2. The van der Waals surface area contributed by atoms with Gasteiger partial charge < -0.3 is 10.6 Å². The van der Waals surface area contributed by atoms with E-state index in [1.807, 2.05) is 0 Å². The van der Waals surface area contributed by atoms with Crippen molar-refractivity contribution in [3.8, 4) is 0 Å². The summed E-state index contributed by atoms with van der Waals surface area (Å²) in [5, 5.41) is 20.5. The van der Waals surface area contributed by atoms with Crippen molar-refractivity contribution in [2.24, 2.45) is 0 Å². The summed E-state index contributed by atoms with van der Waals surface area (Å²) in [6.07, 6.45) is 5.89. The molecule has 0 aliphatic rings. The first-order valence-electron chi connectivity index (χ1n) is 9.06. The van der Waals surface area contributed by atoms with Crippen LogP contribution in [-0.4, -0.2) is 26.5 Å². The second-order valence-electron chi connectivity index (χ2n) is 6.37. The quantitative estimate of drug-likeness (QED) is 0.353. The fourth-order valence-electron chi connectivity index (χ4n) is 2.70. The zero-order chi connectivity index (χ0) is 21.5. The molecule has 9 heteroatoms. The Morgan fingerprint density at radius 1 is 1.10 bits per heavy atom. The highest BCUT2D eigenvalue weighted by molar-refractivity contribution is 6.02. The van der Waals surface area contributed by atoms with Crippen LogP contribution in [0.4, 0.5) is 17.1 Å². The summed E-state index contributed by atoms with van der Waals surface area (Å²) in [4.78, 5) is 35.1. The molecule has 0 bridgehead atoms. The maximum atomic E-state index is 12.4. The summed E-state index contributed by atoms with van der Waals surface area (Å²) >= 11 is 0. The fourth-order valence-corrected chi connectivity index (χ4v) is 2.70. The van der Waals surface area contributed by atoms with Gasteiger partial charge in [0.05, 0.1) is 10.5 Å². The van der Waals surface area contributed by atoms with Crippen LogP contribution in [0.15, 0.2) is 73.1 Å². The molecule has 3 rings (SSSR count). The van der Waals surface area contributed by atoms with Crippen LogP contribution in [0.3, 0.4) is 0 Å². The summed E-state index contributed by atoms with van der Waals surface area (Å²) in [5.74, 6) is -0.708. The average molecular weight is 405 g/mol. The number of carbonyl (C=O) groups excluding carboxylic acids is 2. The van der Waals surface area contributed by atoms with Crippen LogP contribution >= 0.6 is 0 Å². The van der Waals surface area contributed by atoms with Crippen molar-refractivity contribution in [2.75, 3.05) is 10.6 Å². The first-order valence-corrected chi connectivity index (χ1v) is 9.06. The Morgan fingerprint density at radius 3 is 2.53 bits per heavy atom. The standard InChI is InChI=1S/C21H19N5O4/c1-15(25-13-5-12-22-25)21(28)24-18-8-4-7-17(14-18)23-20(27)11-10-16-6-2-3-9-19(16)26(29)30/h2-15H,1H3,(H,23,27)(H,24,28)/b11-10+. The molecule has 0 fully saturated rings. The van der Waals surface area contributed by atoms with E-state index in [9.17, 15) is 19.7 Å².